The Hall–Kier alpha value is -1.32. The van der Waals surface area contributed by atoms with Crippen LogP contribution in [-0.4, -0.2) is 35.1 Å². The van der Waals surface area contributed by atoms with Gasteiger partial charge < -0.3 is 9.80 Å². The topological polar surface area (TPSA) is 32.3 Å². The number of anilines is 2. The summed E-state index contributed by atoms with van der Waals surface area (Å²) in [5.74, 6) is 2.21. The molecule has 1 aromatic rings. The van der Waals surface area contributed by atoms with E-state index in [1.807, 2.05) is 0 Å². The van der Waals surface area contributed by atoms with E-state index in [9.17, 15) is 0 Å². The Balaban J connectivity index is 1.85. The maximum absolute atomic E-state index is 4.52. The van der Waals surface area contributed by atoms with Gasteiger partial charge in [0.05, 0.1) is 0 Å². The van der Waals surface area contributed by atoms with Gasteiger partial charge in [0, 0.05) is 31.2 Å². The standard InChI is InChI=1S/C15H24N4/c1-12-6-5-7-13(2)19(12)15-10-14(16-11-17-15)18-8-3-4-9-18/h10-13H,3-9H2,1-2H3. The summed E-state index contributed by atoms with van der Waals surface area (Å²) in [7, 11) is 0. The molecule has 1 aromatic heterocycles. The summed E-state index contributed by atoms with van der Waals surface area (Å²) in [6, 6.07) is 3.36. The molecule has 2 unspecified atom stereocenters. The summed E-state index contributed by atoms with van der Waals surface area (Å²) in [4.78, 5) is 13.8. The van der Waals surface area contributed by atoms with Crippen molar-refractivity contribution in [2.45, 2.75) is 58.0 Å². The van der Waals surface area contributed by atoms with E-state index in [0.29, 0.717) is 12.1 Å². The first-order valence-electron chi connectivity index (χ1n) is 7.61. The average Bonchev–Trinajstić information content (AvgIpc) is 2.93. The van der Waals surface area contributed by atoms with Gasteiger partial charge in [-0.2, -0.15) is 0 Å². The van der Waals surface area contributed by atoms with E-state index in [2.05, 4.69) is 39.7 Å². The Bertz CT molecular complexity index is 418. The van der Waals surface area contributed by atoms with Gasteiger partial charge >= 0.3 is 0 Å². The highest BCUT2D eigenvalue weighted by Gasteiger charge is 2.26. The molecule has 3 rings (SSSR count). The van der Waals surface area contributed by atoms with Crippen LogP contribution < -0.4 is 9.80 Å². The molecule has 0 amide bonds. The Morgan fingerprint density at radius 3 is 2.26 bits per heavy atom. The molecule has 4 heteroatoms. The van der Waals surface area contributed by atoms with Crippen LogP contribution in [0.3, 0.4) is 0 Å². The van der Waals surface area contributed by atoms with E-state index in [-0.39, 0.29) is 0 Å². The maximum Gasteiger partial charge on any atom is 0.134 e. The van der Waals surface area contributed by atoms with E-state index in [1.54, 1.807) is 6.33 Å². The zero-order valence-electron chi connectivity index (χ0n) is 12.0. The van der Waals surface area contributed by atoms with Crippen LogP contribution in [0, 0.1) is 0 Å². The number of hydrogen-bond acceptors (Lipinski definition) is 4. The van der Waals surface area contributed by atoms with Gasteiger partial charge in [-0.05, 0) is 46.0 Å². The molecule has 0 aromatic carbocycles. The largest absolute Gasteiger partial charge is 0.356 e. The molecule has 19 heavy (non-hydrogen) atoms. The van der Waals surface area contributed by atoms with Crippen LogP contribution in [0.4, 0.5) is 11.6 Å². The molecule has 0 saturated carbocycles. The van der Waals surface area contributed by atoms with Gasteiger partial charge in [0.15, 0.2) is 0 Å². The third-order valence-electron chi connectivity index (χ3n) is 4.53. The summed E-state index contributed by atoms with van der Waals surface area (Å²) >= 11 is 0. The molecule has 2 fully saturated rings. The van der Waals surface area contributed by atoms with Crippen molar-refractivity contribution in [3.63, 3.8) is 0 Å². The quantitative estimate of drug-likeness (QED) is 0.818. The first kappa shape index (κ1) is 12.7. The number of rotatable bonds is 2. The normalized spacial score (nSPS) is 27.9. The smallest absolute Gasteiger partial charge is 0.134 e. The minimum Gasteiger partial charge on any atom is -0.356 e. The second kappa shape index (κ2) is 5.35. The number of hydrogen-bond donors (Lipinski definition) is 0. The molecular formula is C15H24N4. The van der Waals surface area contributed by atoms with Gasteiger partial charge in [-0.3, -0.25) is 0 Å². The fourth-order valence-corrected chi connectivity index (χ4v) is 3.47. The average molecular weight is 260 g/mol. The van der Waals surface area contributed by atoms with E-state index < -0.39 is 0 Å². The first-order chi connectivity index (χ1) is 9.25. The molecule has 3 heterocycles. The van der Waals surface area contributed by atoms with E-state index in [1.165, 1.54) is 32.1 Å². The molecule has 104 valence electrons. The highest BCUT2D eigenvalue weighted by atomic mass is 15.3. The monoisotopic (exact) mass is 260 g/mol. The van der Waals surface area contributed by atoms with Crippen LogP contribution in [0.25, 0.3) is 0 Å². The van der Waals surface area contributed by atoms with Crippen molar-refractivity contribution in [1.82, 2.24) is 9.97 Å². The van der Waals surface area contributed by atoms with Crippen molar-refractivity contribution in [2.75, 3.05) is 22.9 Å². The number of piperidine rings is 1. The minimum absolute atomic E-state index is 0.588. The molecule has 2 aliphatic rings. The maximum atomic E-state index is 4.52. The molecule has 4 nitrogen and oxygen atoms in total. The predicted octanol–water partition coefficient (Wildman–Crippen LogP) is 2.84. The lowest BCUT2D eigenvalue weighted by atomic mass is 9.97. The van der Waals surface area contributed by atoms with Gasteiger partial charge in [0.2, 0.25) is 0 Å². The molecule has 0 N–H and O–H groups in total. The van der Waals surface area contributed by atoms with Gasteiger partial charge in [0.25, 0.3) is 0 Å². The highest BCUT2D eigenvalue weighted by molar-refractivity contribution is 5.51. The summed E-state index contributed by atoms with van der Waals surface area (Å²) in [5, 5.41) is 0. The van der Waals surface area contributed by atoms with Crippen LogP contribution in [0.15, 0.2) is 12.4 Å². The third kappa shape index (κ3) is 2.53. The number of aromatic nitrogens is 2. The Morgan fingerprint density at radius 2 is 1.58 bits per heavy atom. The van der Waals surface area contributed by atoms with Crippen molar-refractivity contribution >= 4 is 11.6 Å². The number of nitrogens with zero attached hydrogens (tertiary/aromatic N) is 4. The van der Waals surface area contributed by atoms with Gasteiger partial charge in [0.1, 0.15) is 18.0 Å². The van der Waals surface area contributed by atoms with Crippen LogP contribution in [0.5, 0.6) is 0 Å². The van der Waals surface area contributed by atoms with E-state index in [4.69, 9.17) is 0 Å². The lowest BCUT2D eigenvalue weighted by molar-refractivity contribution is 0.411. The minimum atomic E-state index is 0.588. The van der Waals surface area contributed by atoms with Crippen molar-refractivity contribution in [3.05, 3.63) is 12.4 Å². The molecule has 0 bridgehead atoms. The van der Waals surface area contributed by atoms with Crippen LogP contribution in [0.1, 0.15) is 46.0 Å². The van der Waals surface area contributed by atoms with Crippen LogP contribution in [0.2, 0.25) is 0 Å². The summed E-state index contributed by atoms with van der Waals surface area (Å²) in [6.45, 7) is 6.91. The zero-order valence-corrected chi connectivity index (χ0v) is 12.0. The van der Waals surface area contributed by atoms with Gasteiger partial charge in [-0.1, -0.05) is 0 Å². The highest BCUT2D eigenvalue weighted by Crippen LogP contribution is 2.29. The lowest BCUT2D eigenvalue weighted by Crippen LogP contribution is -2.44. The van der Waals surface area contributed by atoms with Crippen LogP contribution in [-0.2, 0) is 0 Å². The molecule has 2 atom stereocenters. The summed E-state index contributed by atoms with van der Waals surface area (Å²) in [5.41, 5.74) is 0. The lowest BCUT2D eigenvalue weighted by Gasteiger charge is -2.40. The fourth-order valence-electron chi connectivity index (χ4n) is 3.47. The van der Waals surface area contributed by atoms with Gasteiger partial charge in [-0.25, -0.2) is 9.97 Å². The fraction of sp³-hybridized carbons (Fsp3) is 0.733. The third-order valence-corrected chi connectivity index (χ3v) is 4.53. The molecular weight excluding hydrogens is 236 g/mol. The Morgan fingerprint density at radius 1 is 0.947 bits per heavy atom. The second-order valence-electron chi connectivity index (χ2n) is 5.96. The summed E-state index contributed by atoms with van der Waals surface area (Å²) in [6.07, 6.45) is 8.19. The van der Waals surface area contributed by atoms with Crippen molar-refractivity contribution < 1.29 is 0 Å². The molecule has 0 spiro atoms. The second-order valence-corrected chi connectivity index (χ2v) is 5.96. The summed E-state index contributed by atoms with van der Waals surface area (Å²) < 4.78 is 0. The van der Waals surface area contributed by atoms with E-state index >= 15 is 0 Å². The molecule has 2 saturated heterocycles. The zero-order chi connectivity index (χ0) is 13.2. The molecule has 2 aliphatic heterocycles. The molecule has 0 radical (unpaired) electrons. The predicted molar refractivity (Wildman–Crippen MR) is 78.7 cm³/mol. The van der Waals surface area contributed by atoms with Crippen molar-refractivity contribution in [3.8, 4) is 0 Å². The van der Waals surface area contributed by atoms with Crippen LogP contribution >= 0.6 is 0 Å². The van der Waals surface area contributed by atoms with Gasteiger partial charge in [-0.15, -0.1) is 0 Å². The van der Waals surface area contributed by atoms with E-state index in [0.717, 1.165) is 24.7 Å². The van der Waals surface area contributed by atoms with Crippen molar-refractivity contribution in [2.24, 2.45) is 0 Å². The SMILES string of the molecule is CC1CCCC(C)N1c1cc(N2CCCC2)ncn1. The first-order valence-corrected chi connectivity index (χ1v) is 7.61. The Kier molecular flexibility index (Phi) is 3.58. The van der Waals surface area contributed by atoms with Crippen molar-refractivity contribution in [1.29, 1.82) is 0 Å². The molecule has 0 aliphatic carbocycles. The Labute approximate surface area is 115 Å².